The summed E-state index contributed by atoms with van der Waals surface area (Å²) < 4.78 is 0. The topological polar surface area (TPSA) is 41.1 Å². The van der Waals surface area contributed by atoms with E-state index in [0.29, 0.717) is 6.42 Å². The minimum Gasteiger partial charge on any atom is -0.385 e. The van der Waals surface area contributed by atoms with Gasteiger partial charge >= 0.3 is 0 Å². The van der Waals surface area contributed by atoms with Crippen molar-refractivity contribution < 1.29 is 4.79 Å². The van der Waals surface area contributed by atoms with Crippen molar-refractivity contribution in [1.29, 1.82) is 0 Å². The van der Waals surface area contributed by atoms with Gasteiger partial charge in [-0.3, -0.25) is 4.79 Å². The molecule has 19 heavy (non-hydrogen) atoms. The van der Waals surface area contributed by atoms with E-state index in [9.17, 15) is 4.79 Å². The van der Waals surface area contributed by atoms with Crippen LogP contribution < -0.4 is 10.6 Å². The van der Waals surface area contributed by atoms with Crippen molar-refractivity contribution >= 4 is 29.0 Å². The number of nitrogens with one attached hydrogen (secondary N) is 2. The third-order valence-corrected chi connectivity index (χ3v) is 3.81. The van der Waals surface area contributed by atoms with Crippen LogP contribution in [0.4, 0.5) is 11.4 Å². The number of aryl methyl sites for hydroxylation is 1. The molecule has 106 valence electrons. The van der Waals surface area contributed by atoms with Gasteiger partial charge in [0.15, 0.2) is 0 Å². The third kappa shape index (κ3) is 6.01. The van der Waals surface area contributed by atoms with Crippen LogP contribution in [0, 0.1) is 6.92 Å². The molecule has 1 aromatic rings. The molecule has 1 rings (SSSR count). The maximum atomic E-state index is 11.4. The van der Waals surface area contributed by atoms with Gasteiger partial charge in [0.1, 0.15) is 0 Å². The average Bonchev–Trinajstić information content (AvgIpc) is 2.41. The van der Waals surface area contributed by atoms with Crippen molar-refractivity contribution in [3.8, 4) is 0 Å². The predicted octanol–water partition coefficient (Wildman–Crippen LogP) is 3.90. The number of benzene rings is 1. The molecule has 0 aliphatic heterocycles. The molecule has 0 atom stereocenters. The largest absolute Gasteiger partial charge is 0.385 e. The Morgan fingerprint density at radius 3 is 2.79 bits per heavy atom. The fourth-order valence-corrected chi connectivity index (χ4v) is 2.32. The van der Waals surface area contributed by atoms with E-state index in [4.69, 9.17) is 0 Å². The van der Waals surface area contributed by atoms with E-state index in [1.807, 2.05) is 36.9 Å². The highest BCUT2D eigenvalue weighted by Crippen LogP contribution is 2.20. The molecule has 2 N–H and O–H groups in total. The molecule has 0 aliphatic rings. The molecule has 0 heterocycles. The molecule has 0 aliphatic carbocycles. The molecular formula is C15H24N2OS. The normalized spacial score (nSPS) is 10.3. The summed E-state index contributed by atoms with van der Waals surface area (Å²) in [5.41, 5.74) is 3.18. The van der Waals surface area contributed by atoms with Gasteiger partial charge in [0.25, 0.3) is 0 Å². The molecule has 0 saturated carbocycles. The Hall–Kier alpha value is -1.16. The summed E-state index contributed by atoms with van der Waals surface area (Å²) in [4.78, 5) is 11.4. The number of rotatable bonds is 8. The monoisotopic (exact) mass is 280 g/mol. The van der Waals surface area contributed by atoms with Gasteiger partial charge in [-0.25, -0.2) is 0 Å². The molecule has 0 fully saturated rings. The quantitative estimate of drug-likeness (QED) is 0.710. The molecule has 0 radical (unpaired) electrons. The lowest BCUT2D eigenvalue weighted by Crippen LogP contribution is -2.10. The van der Waals surface area contributed by atoms with Crippen LogP contribution in [0.5, 0.6) is 0 Å². The lowest BCUT2D eigenvalue weighted by molar-refractivity contribution is -0.115. The number of hydrogen-bond donors (Lipinski definition) is 2. The molecule has 1 aromatic carbocycles. The fourth-order valence-electron chi connectivity index (χ4n) is 1.68. The second kappa shape index (κ2) is 8.86. The summed E-state index contributed by atoms with van der Waals surface area (Å²) in [6.45, 7) is 7.09. The molecule has 1 amide bonds. The van der Waals surface area contributed by atoms with Crippen LogP contribution in [0.25, 0.3) is 0 Å². The second-order valence-corrected chi connectivity index (χ2v) is 5.80. The predicted molar refractivity (Wildman–Crippen MR) is 86.2 cm³/mol. The van der Waals surface area contributed by atoms with Crippen molar-refractivity contribution in [1.82, 2.24) is 0 Å². The van der Waals surface area contributed by atoms with E-state index in [0.717, 1.165) is 24.3 Å². The first kappa shape index (κ1) is 15.9. The summed E-state index contributed by atoms with van der Waals surface area (Å²) >= 11 is 1.96. The Balaban J connectivity index is 2.51. The van der Waals surface area contributed by atoms with Crippen LogP contribution in [-0.2, 0) is 4.79 Å². The Labute approximate surface area is 120 Å². The van der Waals surface area contributed by atoms with Gasteiger partial charge in [0, 0.05) is 24.3 Å². The first-order valence-electron chi connectivity index (χ1n) is 6.89. The van der Waals surface area contributed by atoms with Crippen LogP contribution >= 0.6 is 11.8 Å². The van der Waals surface area contributed by atoms with Gasteiger partial charge in [0.2, 0.25) is 5.91 Å². The lowest BCUT2D eigenvalue weighted by Gasteiger charge is -2.12. The summed E-state index contributed by atoms with van der Waals surface area (Å²) in [5, 5.41) is 6.33. The van der Waals surface area contributed by atoms with E-state index >= 15 is 0 Å². The Kier molecular flexibility index (Phi) is 7.41. The molecule has 0 bridgehead atoms. The van der Waals surface area contributed by atoms with E-state index < -0.39 is 0 Å². The Bertz CT molecular complexity index is 407. The van der Waals surface area contributed by atoms with Crippen LogP contribution in [0.3, 0.4) is 0 Å². The zero-order valence-electron chi connectivity index (χ0n) is 12.1. The highest BCUT2D eigenvalue weighted by Gasteiger charge is 2.02. The van der Waals surface area contributed by atoms with Gasteiger partial charge in [-0.2, -0.15) is 11.8 Å². The van der Waals surface area contributed by atoms with Crippen LogP contribution in [0.2, 0.25) is 0 Å². The molecule has 3 nitrogen and oxygen atoms in total. The SMILES string of the molecule is CCSCCCNc1cc(NC(=O)CC)ccc1C. The maximum absolute atomic E-state index is 11.4. The van der Waals surface area contributed by atoms with Gasteiger partial charge in [-0.1, -0.05) is 19.9 Å². The summed E-state index contributed by atoms with van der Waals surface area (Å²) in [6, 6.07) is 5.99. The van der Waals surface area contributed by atoms with E-state index in [-0.39, 0.29) is 5.91 Å². The number of hydrogen-bond acceptors (Lipinski definition) is 3. The van der Waals surface area contributed by atoms with Crippen molar-refractivity contribution in [2.45, 2.75) is 33.6 Å². The van der Waals surface area contributed by atoms with Gasteiger partial charge in [0.05, 0.1) is 0 Å². The lowest BCUT2D eigenvalue weighted by atomic mass is 10.1. The summed E-state index contributed by atoms with van der Waals surface area (Å²) in [5.74, 6) is 2.42. The first-order valence-corrected chi connectivity index (χ1v) is 8.05. The zero-order valence-corrected chi connectivity index (χ0v) is 12.9. The second-order valence-electron chi connectivity index (χ2n) is 4.41. The minimum absolute atomic E-state index is 0.0501. The van der Waals surface area contributed by atoms with Crippen molar-refractivity contribution in [3.05, 3.63) is 23.8 Å². The number of anilines is 2. The fraction of sp³-hybridized carbons (Fsp3) is 0.533. The van der Waals surface area contributed by atoms with Crippen LogP contribution in [0.1, 0.15) is 32.3 Å². The molecule has 4 heteroatoms. The molecule has 0 saturated heterocycles. The number of carbonyl (C=O) groups is 1. The van der Waals surface area contributed by atoms with Gasteiger partial charge in [-0.05, 0) is 42.5 Å². The van der Waals surface area contributed by atoms with E-state index in [1.54, 1.807) is 0 Å². The van der Waals surface area contributed by atoms with Gasteiger partial charge < -0.3 is 10.6 Å². The first-order chi connectivity index (χ1) is 9.17. The molecule has 0 unspecified atom stereocenters. The number of amides is 1. The summed E-state index contributed by atoms with van der Waals surface area (Å²) in [6.07, 6.45) is 1.66. The van der Waals surface area contributed by atoms with Crippen LogP contribution in [-0.4, -0.2) is 24.0 Å². The highest BCUT2D eigenvalue weighted by molar-refractivity contribution is 7.99. The van der Waals surface area contributed by atoms with Crippen molar-refractivity contribution in [2.75, 3.05) is 28.7 Å². The highest BCUT2D eigenvalue weighted by atomic mass is 32.2. The van der Waals surface area contributed by atoms with Crippen LogP contribution in [0.15, 0.2) is 18.2 Å². The standard InChI is InChI=1S/C15H24N2OS/c1-4-15(18)17-13-8-7-12(3)14(11-13)16-9-6-10-19-5-2/h7-8,11,16H,4-6,9-10H2,1-3H3,(H,17,18). The average molecular weight is 280 g/mol. The maximum Gasteiger partial charge on any atom is 0.224 e. The Morgan fingerprint density at radius 1 is 1.32 bits per heavy atom. The van der Waals surface area contributed by atoms with Gasteiger partial charge in [-0.15, -0.1) is 0 Å². The summed E-state index contributed by atoms with van der Waals surface area (Å²) in [7, 11) is 0. The Morgan fingerprint density at radius 2 is 2.11 bits per heavy atom. The molecule has 0 spiro atoms. The van der Waals surface area contributed by atoms with E-state index in [2.05, 4.69) is 24.5 Å². The van der Waals surface area contributed by atoms with Crippen molar-refractivity contribution in [2.24, 2.45) is 0 Å². The zero-order chi connectivity index (χ0) is 14.1. The molecule has 0 aromatic heterocycles. The number of thioether (sulfide) groups is 1. The smallest absolute Gasteiger partial charge is 0.224 e. The van der Waals surface area contributed by atoms with E-state index in [1.165, 1.54) is 17.1 Å². The van der Waals surface area contributed by atoms with Crippen molar-refractivity contribution in [3.63, 3.8) is 0 Å². The minimum atomic E-state index is 0.0501. The third-order valence-electron chi connectivity index (χ3n) is 2.83. The molecular weight excluding hydrogens is 256 g/mol. The number of carbonyl (C=O) groups excluding carboxylic acids is 1.